The van der Waals surface area contributed by atoms with Gasteiger partial charge in [-0.3, -0.25) is 4.79 Å². The van der Waals surface area contributed by atoms with E-state index in [1.807, 2.05) is 0 Å². The predicted octanol–water partition coefficient (Wildman–Crippen LogP) is 1.26. The molecule has 2 aliphatic rings. The quantitative estimate of drug-likeness (QED) is 0.743. The van der Waals surface area contributed by atoms with E-state index in [2.05, 4.69) is 0 Å². The van der Waals surface area contributed by atoms with Crippen LogP contribution in [0, 0.1) is 5.41 Å². The standard InChI is InChI=1S/C11H16O5/c1-9(2)10(7(12)13)4-3-5-11(6-10,16-9)8(14)15/h3-6H2,1-2H3,(H,12,13)(H,14,15)/t10-,11+/m1/s1. The monoisotopic (exact) mass is 228 g/mol. The molecule has 2 rings (SSSR count). The minimum absolute atomic E-state index is 0.0810. The lowest BCUT2D eigenvalue weighted by molar-refractivity contribution is -0.174. The first-order valence-electron chi connectivity index (χ1n) is 5.43. The van der Waals surface area contributed by atoms with Crippen molar-refractivity contribution < 1.29 is 24.5 Å². The maximum absolute atomic E-state index is 11.4. The molecule has 2 atom stereocenters. The van der Waals surface area contributed by atoms with Gasteiger partial charge >= 0.3 is 11.9 Å². The molecule has 2 fully saturated rings. The van der Waals surface area contributed by atoms with E-state index in [0.29, 0.717) is 19.3 Å². The first-order valence-corrected chi connectivity index (χ1v) is 5.43. The number of hydrogen-bond acceptors (Lipinski definition) is 3. The molecule has 1 heterocycles. The van der Waals surface area contributed by atoms with Crippen molar-refractivity contribution in [3.8, 4) is 0 Å². The van der Waals surface area contributed by atoms with E-state index in [0.717, 1.165) is 0 Å². The van der Waals surface area contributed by atoms with Gasteiger partial charge in [0.25, 0.3) is 0 Å². The zero-order chi connectivity index (χ0) is 12.2. The summed E-state index contributed by atoms with van der Waals surface area (Å²) in [7, 11) is 0. The fourth-order valence-electron chi connectivity index (χ4n) is 3.19. The van der Waals surface area contributed by atoms with Crippen molar-refractivity contribution in [2.75, 3.05) is 0 Å². The lowest BCUT2D eigenvalue weighted by atomic mass is 9.64. The van der Waals surface area contributed by atoms with Crippen LogP contribution in [-0.4, -0.2) is 33.4 Å². The first kappa shape index (κ1) is 11.4. The van der Waals surface area contributed by atoms with Gasteiger partial charge in [0.05, 0.1) is 11.0 Å². The van der Waals surface area contributed by atoms with Gasteiger partial charge < -0.3 is 14.9 Å². The summed E-state index contributed by atoms with van der Waals surface area (Å²) in [5.41, 5.74) is -3.27. The maximum Gasteiger partial charge on any atom is 0.336 e. The molecule has 1 aliphatic carbocycles. The Kier molecular flexibility index (Phi) is 2.11. The Hall–Kier alpha value is -1.10. The summed E-state index contributed by atoms with van der Waals surface area (Å²) >= 11 is 0. The van der Waals surface area contributed by atoms with Crippen LogP contribution in [0.2, 0.25) is 0 Å². The van der Waals surface area contributed by atoms with Crippen molar-refractivity contribution in [3.05, 3.63) is 0 Å². The molecule has 0 aromatic heterocycles. The van der Waals surface area contributed by atoms with Gasteiger partial charge in [0.2, 0.25) is 0 Å². The minimum Gasteiger partial charge on any atom is -0.481 e. The van der Waals surface area contributed by atoms with E-state index >= 15 is 0 Å². The third-order valence-corrected chi connectivity index (χ3v) is 4.17. The van der Waals surface area contributed by atoms with E-state index in [1.165, 1.54) is 0 Å². The lowest BCUT2D eigenvalue weighted by Gasteiger charge is -2.36. The van der Waals surface area contributed by atoms with Gasteiger partial charge in [-0.2, -0.15) is 0 Å². The highest BCUT2D eigenvalue weighted by Crippen LogP contribution is 2.59. The number of rotatable bonds is 2. The van der Waals surface area contributed by atoms with Gasteiger partial charge in [0.1, 0.15) is 0 Å². The molecule has 0 spiro atoms. The number of carbonyl (C=O) groups is 2. The van der Waals surface area contributed by atoms with Crippen molar-refractivity contribution in [3.63, 3.8) is 0 Å². The molecule has 1 aliphatic heterocycles. The maximum atomic E-state index is 11.4. The summed E-state index contributed by atoms with van der Waals surface area (Å²) in [5, 5.41) is 18.6. The van der Waals surface area contributed by atoms with Crippen LogP contribution in [0.3, 0.4) is 0 Å². The van der Waals surface area contributed by atoms with E-state index < -0.39 is 28.6 Å². The van der Waals surface area contributed by atoms with Crippen LogP contribution in [0.5, 0.6) is 0 Å². The molecular weight excluding hydrogens is 212 g/mol. The van der Waals surface area contributed by atoms with Gasteiger partial charge in [0, 0.05) is 6.42 Å². The molecular formula is C11H16O5. The number of carboxylic acid groups (broad SMARTS) is 2. The second kappa shape index (κ2) is 2.97. The summed E-state index contributed by atoms with van der Waals surface area (Å²) in [5.74, 6) is -1.98. The molecule has 0 unspecified atom stereocenters. The second-order valence-electron chi connectivity index (χ2n) is 5.33. The van der Waals surface area contributed by atoms with Crippen molar-refractivity contribution in [1.82, 2.24) is 0 Å². The summed E-state index contributed by atoms with van der Waals surface area (Å²) in [6.45, 7) is 3.36. The van der Waals surface area contributed by atoms with Crippen molar-refractivity contribution in [2.24, 2.45) is 5.41 Å². The van der Waals surface area contributed by atoms with Gasteiger partial charge in [0.15, 0.2) is 5.60 Å². The first-order chi connectivity index (χ1) is 7.26. The highest BCUT2D eigenvalue weighted by molar-refractivity contribution is 5.84. The molecule has 1 saturated heterocycles. The van der Waals surface area contributed by atoms with Gasteiger partial charge in [-0.25, -0.2) is 4.79 Å². The number of hydrogen-bond donors (Lipinski definition) is 2. The molecule has 2 bridgehead atoms. The Bertz CT molecular complexity index is 361. The zero-order valence-electron chi connectivity index (χ0n) is 9.45. The van der Waals surface area contributed by atoms with Crippen LogP contribution in [0.4, 0.5) is 0 Å². The largest absolute Gasteiger partial charge is 0.481 e. The van der Waals surface area contributed by atoms with Crippen molar-refractivity contribution >= 4 is 11.9 Å². The van der Waals surface area contributed by atoms with E-state index in [-0.39, 0.29) is 6.42 Å². The number of ether oxygens (including phenoxy) is 1. The average Bonchev–Trinajstić information content (AvgIpc) is 2.32. The van der Waals surface area contributed by atoms with Crippen LogP contribution >= 0.6 is 0 Å². The normalized spacial score (nSPS) is 40.6. The van der Waals surface area contributed by atoms with Crippen LogP contribution < -0.4 is 0 Å². The second-order valence-corrected chi connectivity index (χ2v) is 5.33. The molecule has 90 valence electrons. The summed E-state index contributed by atoms with van der Waals surface area (Å²) in [6.07, 6.45) is 1.56. The van der Waals surface area contributed by atoms with E-state index in [9.17, 15) is 19.8 Å². The summed E-state index contributed by atoms with van der Waals surface area (Å²) < 4.78 is 5.61. The predicted molar refractivity (Wildman–Crippen MR) is 54.1 cm³/mol. The number of aliphatic carboxylic acids is 2. The van der Waals surface area contributed by atoms with Gasteiger partial charge in [-0.15, -0.1) is 0 Å². The molecule has 16 heavy (non-hydrogen) atoms. The van der Waals surface area contributed by atoms with E-state index in [1.54, 1.807) is 13.8 Å². The van der Waals surface area contributed by atoms with Crippen LogP contribution in [0.15, 0.2) is 0 Å². The van der Waals surface area contributed by atoms with Crippen molar-refractivity contribution in [2.45, 2.75) is 50.7 Å². The highest BCUT2D eigenvalue weighted by atomic mass is 16.6. The molecule has 0 amide bonds. The summed E-state index contributed by atoms with van der Waals surface area (Å²) in [4.78, 5) is 22.7. The number of carboxylic acids is 2. The lowest BCUT2D eigenvalue weighted by Crippen LogP contribution is -2.47. The SMILES string of the molecule is CC1(C)O[C@@]2(C(=O)O)CCC[C@]1(C(=O)O)C2. The molecule has 5 nitrogen and oxygen atoms in total. The fraction of sp³-hybridized carbons (Fsp3) is 0.818. The summed E-state index contributed by atoms with van der Waals surface area (Å²) in [6, 6.07) is 0. The minimum atomic E-state index is -1.29. The Labute approximate surface area is 93.4 Å². The van der Waals surface area contributed by atoms with Crippen molar-refractivity contribution in [1.29, 1.82) is 0 Å². The zero-order valence-corrected chi connectivity index (χ0v) is 9.45. The molecule has 5 heteroatoms. The molecule has 0 aromatic carbocycles. The number of fused-ring (bicyclic) bond motifs is 2. The molecule has 0 radical (unpaired) electrons. The van der Waals surface area contributed by atoms with Crippen LogP contribution in [0.1, 0.15) is 39.5 Å². The third-order valence-electron chi connectivity index (χ3n) is 4.17. The highest BCUT2D eigenvalue weighted by Gasteiger charge is 2.68. The third kappa shape index (κ3) is 1.15. The topological polar surface area (TPSA) is 83.8 Å². The van der Waals surface area contributed by atoms with Crippen LogP contribution in [0.25, 0.3) is 0 Å². The Morgan fingerprint density at radius 3 is 2.25 bits per heavy atom. The Balaban J connectivity index is 2.49. The van der Waals surface area contributed by atoms with Gasteiger partial charge in [-0.05, 0) is 33.1 Å². The average molecular weight is 228 g/mol. The smallest absolute Gasteiger partial charge is 0.336 e. The Morgan fingerprint density at radius 1 is 1.12 bits per heavy atom. The molecule has 1 saturated carbocycles. The van der Waals surface area contributed by atoms with Crippen LogP contribution in [-0.2, 0) is 14.3 Å². The van der Waals surface area contributed by atoms with E-state index in [4.69, 9.17) is 4.74 Å². The van der Waals surface area contributed by atoms with Gasteiger partial charge in [-0.1, -0.05) is 0 Å². The Morgan fingerprint density at radius 2 is 1.75 bits per heavy atom. The molecule has 2 N–H and O–H groups in total. The molecule has 0 aromatic rings. The fourth-order valence-corrected chi connectivity index (χ4v) is 3.19.